The average Bonchev–Trinajstić information content (AvgIpc) is 2.41. The van der Waals surface area contributed by atoms with E-state index in [2.05, 4.69) is 5.10 Å². The van der Waals surface area contributed by atoms with Gasteiger partial charge in [-0.2, -0.15) is 5.10 Å². The van der Waals surface area contributed by atoms with E-state index in [1.165, 1.54) is 0 Å². The number of hydrogen-bond acceptors (Lipinski definition) is 2. The molecule has 0 fully saturated rings. The molecule has 3 heteroatoms. The minimum atomic E-state index is 0.829. The average molecular weight is 161 g/mol. The lowest BCUT2D eigenvalue weighted by Crippen LogP contribution is -1.91. The summed E-state index contributed by atoms with van der Waals surface area (Å²) in [5, 5.41) is 5.30. The molecule has 1 aromatic carbocycles. The molecule has 0 amide bonds. The van der Waals surface area contributed by atoms with Gasteiger partial charge < -0.3 is 5.73 Å². The molecule has 0 saturated heterocycles. The van der Waals surface area contributed by atoms with Crippen molar-refractivity contribution in [3.8, 4) is 0 Å². The maximum Gasteiger partial charge on any atom is 0.0683 e. The van der Waals surface area contributed by atoms with Crippen molar-refractivity contribution in [1.29, 1.82) is 0 Å². The van der Waals surface area contributed by atoms with E-state index in [1.807, 2.05) is 37.0 Å². The summed E-state index contributed by atoms with van der Waals surface area (Å²) in [7, 11) is 1.93. The largest absolute Gasteiger partial charge is 0.398 e. The van der Waals surface area contributed by atoms with Crippen molar-refractivity contribution in [2.24, 2.45) is 7.05 Å². The van der Waals surface area contributed by atoms with Gasteiger partial charge in [-0.3, -0.25) is 4.68 Å². The van der Waals surface area contributed by atoms with Gasteiger partial charge in [0.25, 0.3) is 0 Å². The van der Waals surface area contributed by atoms with E-state index in [4.69, 9.17) is 5.73 Å². The van der Waals surface area contributed by atoms with Crippen LogP contribution in [0.25, 0.3) is 10.9 Å². The van der Waals surface area contributed by atoms with E-state index in [9.17, 15) is 0 Å². The smallest absolute Gasteiger partial charge is 0.0683 e. The van der Waals surface area contributed by atoms with E-state index in [0.717, 1.165) is 22.2 Å². The van der Waals surface area contributed by atoms with Crippen LogP contribution in [0.2, 0.25) is 0 Å². The van der Waals surface area contributed by atoms with Gasteiger partial charge in [0.15, 0.2) is 0 Å². The number of aromatic nitrogens is 2. The van der Waals surface area contributed by atoms with Crippen molar-refractivity contribution >= 4 is 16.6 Å². The van der Waals surface area contributed by atoms with Gasteiger partial charge in [-0.1, -0.05) is 0 Å². The Labute approximate surface area is 70.8 Å². The minimum Gasteiger partial charge on any atom is -0.398 e. The van der Waals surface area contributed by atoms with Gasteiger partial charge >= 0.3 is 0 Å². The van der Waals surface area contributed by atoms with Gasteiger partial charge in [0.2, 0.25) is 0 Å². The van der Waals surface area contributed by atoms with Crippen molar-refractivity contribution in [3.05, 3.63) is 23.9 Å². The van der Waals surface area contributed by atoms with Gasteiger partial charge in [-0.05, 0) is 24.6 Å². The van der Waals surface area contributed by atoms with Gasteiger partial charge in [0.05, 0.1) is 11.7 Å². The fourth-order valence-electron chi connectivity index (χ4n) is 1.38. The maximum absolute atomic E-state index is 5.76. The first-order valence-electron chi connectivity index (χ1n) is 3.87. The molecule has 0 spiro atoms. The highest BCUT2D eigenvalue weighted by Crippen LogP contribution is 2.22. The second kappa shape index (κ2) is 2.24. The van der Waals surface area contributed by atoms with Gasteiger partial charge in [0.1, 0.15) is 0 Å². The quantitative estimate of drug-likeness (QED) is 0.594. The number of fused-ring (bicyclic) bond motifs is 1. The van der Waals surface area contributed by atoms with E-state index in [-0.39, 0.29) is 0 Å². The monoisotopic (exact) mass is 161 g/mol. The molecule has 0 unspecified atom stereocenters. The van der Waals surface area contributed by atoms with E-state index in [1.54, 1.807) is 0 Å². The van der Waals surface area contributed by atoms with E-state index < -0.39 is 0 Å². The standard InChI is InChI=1S/C9H11N3/c1-6-7-5-11-12(2)9(7)4-3-8(6)10/h3-5H,10H2,1-2H3. The summed E-state index contributed by atoms with van der Waals surface area (Å²) in [5.41, 5.74) is 8.83. The van der Waals surface area contributed by atoms with Crippen molar-refractivity contribution < 1.29 is 0 Å². The third-order valence-corrected chi connectivity index (χ3v) is 2.24. The van der Waals surface area contributed by atoms with Crippen LogP contribution < -0.4 is 5.73 Å². The van der Waals surface area contributed by atoms with Crippen molar-refractivity contribution in [1.82, 2.24) is 9.78 Å². The molecule has 3 nitrogen and oxygen atoms in total. The summed E-state index contributed by atoms with van der Waals surface area (Å²) in [6.45, 7) is 2.01. The second-order valence-electron chi connectivity index (χ2n) is 2.98. The Morgan fingerprint density at radius 1 is 1.42 bits per heavy atom. The fourth-order valence-corrected chi connectivity index (χ4v) is 1.38. The summed E-state index contributed by atoms with van der Waals surface area (Å²) in [4.78, 5) is 0. The van der Waals surface area contributed by atoms with Gasteiger partial charge in [-0.25, -0.2) is 0 Å². The molecule has 2 N–H and O–H groups in total. The van der Waals surface area contributed by atoms with Crippen LogP contribution in [-0.2, 0) is 7.05 Å². The molecule has 1 aromatic heterocycles. The number of aryl methyl sites for hydroxylation is 2. The number of hydrogen-bond donors (Lipinski definition) is 1. The summed E-state index contributed by atoms with van der Waals surface area (Å²) in [6, 6.07) is 3.91. The molecule has 0 aliphatic heterocycles. The highest BCUT2D eigenvalue weighted by Gasteiger charge is 2.03. The Balaban J connectivity index is 2.93. The Morgan fingerprint density at radius 2 is 2.17 bits per heavy atom. The molecular formula is C9H11N3. The molecule has 1 heterocycles. The van der Waals surface area contributed by atoms with Crippen LogP contribution in [0, 0.1) is 6.92 Å². The third kappa shape index (κ3) is 0.794. The van der Waals surface area contributed by atoms with Crippen LogP contribution in [-0.4, -0.2) is 9.78 Å². The molecule has 2 aromatic rings. The number of nitrogens with two attached hydrogens (primary N) is 1. The highest BCUT2D eigenvalue weighted by molar-refractivity contribution is 5.86. The summed E-state index contributed by atoms with van der Waals surface area (Å²) < 4.78 is 1.85. The highest BCUT2D eigenvalue weighted by atomic mass is 15.2. The lowest BCUT2D eigenvalue weighted by molar-refractivity contribution is 0.797. The predicted molar refractivity (Wildman–Crippen MR) is 49.9 cm³/mol. The van der Waals surface area contributed by atoms with Crippen molar-refractivity contribution in [3.63, 3.8) is 0 Å². The second-order valence-corrected chi connectivity index (χ2v) is 2.98. The van der Waals surface area contributed by atoms with Crippen LogP contribution in [0.3, 0.4) is 0 Å². The molecule has 0 atom stereocenters. The Morgan fingerprint density at radius 3 is 2.92 bits per heavy atom. The molecule has 0 aliphatic rings. The molecule has 2 rings (SSSR count). The normalized spacial score (nSPS) is 10.8. The Bertz CT molecular complexity index is 429. The van der Waals surface area contributed by atoms with E-state index >= 15 is 0 Å². The number of benzene rings is 1. The molecule has 0 aliphatic carbocycles. The minimum absolute atomic E-state index is 0.829. The molecular weight excluding hydrogens is 150 g/mol. The zero-order chi connectivity index (χ0) is 8.72. The molecule has 62 valence electrons. The summed E-state index contributed by atoms with van der Waals surface area (Å²) >= 11 is 0. The van der Waals surface area contributed by atoms with Crippen LogP contribution in [0.4, 0.5) is 5.69 Å². The summed E-state index contributed by atoms with van der Waals surface area (Å²) in [5.74, 6) is 0. The number of nitrogen functional groups attached to an aromatic ring is 1. The fraction of sp³-hybridized carbons (Fsp3) is 0.222. The predicted octanol–water partition coefficient (Wildman–Crippen LogP) is 1.46. The van der Waals surface area contributed by atoms with Crippen molar-refractivity contribution in [2.45, 2.75) is 6.92 Å². The van der Waals surface area contributed by atoms with Gasteiger partial charge in [0, 0.05) is 18.1 Å². The Hall–Kier alpha value is -1.51. The number of anilines is 1. The first-order chi connectivity index (χ1) is 5.70. The number of rotatable bonds is 0. The molecule has 0 bridgehead atoms. The van der Waals surface area contributed by atoms with Crippen LogP contribution in [0.1, 0.15) is 5.56 Å². The first kappa shape index (κ1) is 7.16. The van der Waals surface area contributed by atoms with Crippen LogP contribution >= 0.6 is 0 Å². The maximum atomic E-state index is 5.76. The number of nitrogens with zero attached hydrogens (tertiary/aromatic N) is 2. The van der Waals surface area contributed by atoms with Crippen molar-refractivity contribution in [2.75, 3.05) is 5.73 Å². The lowest BCUT2D eigenvalue weighted by atomic mass is 10.1. The van der Waals surface area contributed by atoms with Crippen LogP contribution in [0.5, 0.6) is 0 Å². The summed E-state index contributed by atoms with van der Waals surface area (Å²) in [6.07, 6.45) is 1.85. The molecule has 0 radical (unpaired) electrons. The third-order valence-electron chi connectivity index (χ3n) is 2.24. The lowest BCUT2D eigenvalue weighted by Gasteiger charge is -2.00. The molecule has 12 heavy (non-hydrogen) atoms. The molecule has 0 saturated carbocycles. The van der Waals surface area contributed by atoms with Crippen LogP contribution in [0.15, 0.2) is 18.3 Å². The first-order valence-corrected chi connectivity index (χ1v) is 3.87. The van der Waals surface area contributed by atoms with Gasteiger partial charge in [-0.15, -0.1) is 0 Å². The zero-order valence-electron chi connectivity index (χ0n) is 7.20. The Kier molecular flexibility index (Phi) is 1.33. The van der Waals surface area contributed by atoms with E-state index in [0.29, 0.717) is 0 Å². The zero-order valence-corrected chi connectivity index (χ0v) is 7.20. The topological polar surface area (TPSA) is 43.8 Å². The SMILES string of the molecule is Cc1c(N)ccc2c1cnn2C.